The second kappa shape index (κ2) is 10.6. The van der Waals surface area contributed by atoms with E-state index in [1.807, 2.05) is 24.7 Å². The highest BCUT2D eigenvalue weighted by Crippen LogP contribution is 2.15. The van der Waals surface area contributed by atoms with Crippen molar-refractivity contribution in [2.45, 2.75) is 18.5 Å². The number of carbonyl (C=O) groups is 2. The second-order valence-corrected chi connectivity index (χ2v) is 6.48. The predicted octanol–water partition coefficient (Wildman–Crippen LogP) is 2.31. The Kier molecular flexibility index (Phi) is 8.17. The first-order valence-corrected chi connectivity index (χ1v) is 9.44. The molecule has 1 heterocycles. The Bertz CT molecular complexity index is 715. The van der Waals surface area contributed by atoms with Gasteiger partial charge in [0.25, 0.3) is 5.91 Å². The molecule has 0 saturated carbocycles. The number of imidazole rings is 1. The van der Waals surface area contributed by atoms with E-state index < -0.39 is 0 Å². The van der Waals surface area contributed by atoms with Gasteiger partial charge in [0, 0.05) is 50.5 Å². The van der Waals surface area contributed by atoms with Gasteiger partial charge in [0.2, 0.25) is 5.91 Å². The van der Waals surface area contributed by atoms with Gasteiger partial charge in [-0.15, -0.1) is 0 Å². The largest absolute Gasteiger partial charge is 0.382 e. The number of hydrogen-bond acceptors (Lipinski definition) is 5. The molecular weight excluding hydrogens is 352 g/mol. The molecule has 1 aromatic carbocycles. The van der Waals surface area contributed by atoms with Crippen LogP contribution in [-0.4, -0.2) is 46.9 Å². The van der Waals surface area contributed by atoms with Crippen LogP contribution in [0.25, 0.3) is 0 Å². The Labute approximate surface area is 157 Å². The number of ether oxygens (including phenoxy) is 1. The van der Waals surface area contributed by atoms with Crippen molar-refractivity contribution in [3.63, 3.8) is 0 Å². The topological polar surface area (TPSA) is 85.2 Å². The van der Waals surface area contributed by atoms with Crippen LogP contribution < -0.4 is 10.6 Å². The number of rotatable bonds is 10. The van der Waals surface area contributed by atoms with Crippen LogP contribution in [0.15, 0.2) is 41.8 Å². The van der Waals surface area contributed by atoms with Crippen molar-refractivity contribution in [1.82, 2.24) is 14.9 Å². The summed E-state index contributed by atoms with van der Waals surface area (Å²) in [6.45, 7) is 3.83. The van der Waals surface area contributed by atoms with Gasteiger partial charge in [-0.3, -0.25) is 9.59 Å². The number of aromatic nitrogens is 2. The van der Waals surface area contributed by atoms with Crippen LogP contribution >= 0.6 is 11.8 Å². The molecule has 0 aliphatic heterocycles. The third-order valence-electron chi connectivity index (χ3n) is 3.50. The maximum atomic E-state index is 12.0. The minimum absolute atomic E-state index is 0.119. The van der Waals surface area contributed by atoms with Gasteiger partial charge in [0.15, 0.2) is 5.16 Å². The number of amides is 2. The summed E-state index contributed by atoms with van der Waals surface area (Å²) in [5.74, 6) is 0.0169. The van der Waals surface area contributed by atoms with Crippen LogP contribution in [0.5, 0.6) is 0 Å². The van der Waals surface area contributed by atoms with E-state index in [0.717, 1.165) is 11.6 Å². The van der Waals surface area contributed by atoms with Gasteiger partial charge in [-0.05, 0) is 37.6 Å². The first-order chi connectivity index (χ1) is 12.6. The molecule has 7 nitrogen and oxygen atoms in total. The number of nitrogens with zero attached hydrogens (tertiary/aromatic N) is 2. The summed E-state index contributed by atoms with van der Waals surface area (Å²) in [7, 11) is 1.88. The van der Waals surface area contributed by atoms with Gasteiger partial charge in [-0.2, -0.15) is 0 Å². The molecule has 0 spiro atoms. The van der Waals surface area contributed by atoms with Crippen molar-refractivity contribution >= 4 is 29.3 Å². The lowest BCUT2D eigenvalue weighted by molar-refractivity contribution is -0.113. The third kappa shape index (κ3) is 6.53. The van der Waals surface area contributed by atoms with Crippen LogP contribution in [0.2, 0.25) is 0 Å². The van der Waals surface area contributed by atoms with Crippen molar-refractivity contribution < 1.29 is 14.3 Å². The molecule has 0 bridgehead atoms. The normalized spacial score (nSPS) is 10.5. The van der Waals surface area contributed by atoms with Gasteiger partial charge >= 0.3 is 0 Å². The van der Waals surface area contributed by atoms with E-state index >= 15 is 0 Å². The molecule has 8 heteroatoms. The fourth-order valence-electron chi connectivity index (χ4n) is 2.15. The Hall–Kier alpha value is -2.32. The monoisotopic (exact) mass is 376 g/mol. The third-order valence-corrected chi connectivity index (χ3v) is 4.55. The minimum atomic E-state index is -0.135. The number of thioether (sulfide) groups is 1. The van der Waals surface area contributed by atoms with Crippen molar-refractivity contribution in [1.29, 1.82) is 0 Å². The van der Waals surface area contributed by atoms with Gasteiger partial charge < -0.3 is 19.9 Å². The fourth-order valence-corrected chi connectivity index (χ4v) is 2.88. The van der Waals surface area contributed by atoms with Crippen LogP contribution in [-0.2, 0) is 16.6 Å². The molecule has 0 radical (unpaired) electrons. The summed E-state index contributed by atoms with van der Waals surface area (Å²) >= 11 is 1.37. The second-order valence-electron chi connectivity index (χ2n) is 5.54. The number of aryl methyl sites for hydroxylation is 1. The van der Waals surface area contributed by atoms with Crippen LogP contribution in [0.1, 0.15) is 23.7 Å². The highest BCUT2D eigenvalue weighted by Gasteiger charge is 2.08. The molecule has 1 aromatic heterocycles. The maximum absolute atomic E-state index is 12.0. The summed E-state index contributed by atoms with van der Waals surface area (Å²) in [6, 6.07) is 6.83. The Balaban J connectivity index is 1.74. The zero-order valence-corrected chi connectivity index (χ0v) is 15.8. The van der Waals surface area contributed by atoms with Crippen molar-refractivity contribution in [2.24, 2.45) is 7.05 Å². The Morgan fingerprint density at radius 1 is 1.27 bits per heavy atom. The van der Waals surface area contributed by atoms with Crippen molar-refractivity contribution in [3.05, 3.63) is 42.2 Å². The number of hydrogen-bond donors (Lipinski definition) is 2. The van der Waals surface area contributed by atoms with E-state index in [0.29, 0.717) is 31.0 Å². The predicted molar refractivity (Wildman–Crippen MR) is 102 cm³/mol. The molecule has 0 atom stereocenters. The van der Waals surface area contributed by atoms with Gasteiger partial charge in [0.1, 0.15) is 0 Å². The summed E-state index contributed by atoms with van der Waals surface area (Å²) in [5, 5.41) is 6.44. The van der Waals surface area contributed by atoms with E-state index in [1.165, 1.54) is 11.8 Å². The first kappa shape index (κ1) is 20.0. The molecule has 0 aliphatic rings. The SMILES string of the molecule is CCOCCCNC(=O)c1ccc(NC(=O)CSc2nccn2C)cc1. The number of anilines is 1. The number of carbonyl (C=O) groups excluding carboxylic acids is 2. The molecule has 2 amide bonds. The van der Waals surface area contributed by atoms with E-state index in [9.17, 15) is 9.59 Å². The zero-order valence-electron chi connectivity index (χ0n) is 15.0. The summed E-state index contributed by atoms with van der Waals surface area (Å²) in [5.41, 5.74) is 1.21. The molecule has 0 unspecified atom stereocenters. The van der Waals surface area contributed by atoms with E-state index in [1.54, 1.807) is 30.5 Å². The average molecular weight is 376 g/mol. The Morgan fingerprint density at radius 3 is 2.69 bits per heavy atom. The standard InChI is InChI=1S/C18H24N4O3S/c1-3-25-12-4-9-19-17(24)14-5-7-15(8-6-14)21-16(23)13-26-18-20-10-11-22(18)2/h5-8,10-11H,3-4,9,12-13H2,1-2H3,(H,19,24)(H,21,23). The van der Waals surface area contributed by atoms with Crippen molar-refractivity contribution in [3.8, 4) is 0 Å². The molecule has 2 N–H and O–H groups in total. The highest BCUT2D eigenvalue weighted by molar-refractivity contribution is 7.99. The molecular formula is C18H24N4O3S. The maximum Gasteiger partial charge on any atom is 0.251 e. The number of benzene rings is 1. The average Bonchev–Trinajstić information content (AvgIpc) is 3.05. The van der Waals surface area contributed by atoms with Gasteiger partial charge in [0.05, 0.1) is 5.75 Å². The lowest BCUT2D eigenvalue weighted by Crippen LogP contribution is -2.25. The molecule has 0 saturated heterocycles. The van der Waals surface area contributed by atoms with E-state index in [-0.39, 0.29) is 17.6 Å². The minimum Gasteiger partial charge on any atom is -0.382 e. The van der Waals surface area contributed by atoms with Crippen LogP contribution in [0, 0.1) is 0 Å². The van der Waals surface area contributed by atoms with Crippen LogP contribution in [0.3, 0.4) is 0 Å². The molecule has 2 rings (SSSR count). The molecule has 140 valence electrons. The van der Waals surface area contributed by atoms with Gasteiger partial charge in [-0.1, -0.05) is 11.8 Å². The summed E-state index contributed by atoms with van der Waals surface area (Å²) in [6.07, 6.45) is 4.31. The van der Waals surface area contributed by atoms with E-state index in [2.05, 4.69) is 15.6 Å². The summed E-state index contributed by atoms with van der Waals surface area (Å²) < 4.78 is 7.09. The summed E-state index contributed by atoms with van der Waals surface area (Å²) in [4.78, 5) is 28.2. The zero-order chi connectivity index (χ0) is 18.8. The Morgan fingerprint density at radius 2 is 2.04 bits per heavy atom. The van der Waals surface area contributed by atoms with Crippen LogP contribution in [0.4, 0.5) is 5.69 Å². The van der Waals surface area contributed by atoms with Gasteiger partial charge in [-0.25, -0.2) is 4.98 Å². The first-order valence-electron chi connectivity index (χ1n) is 8.46. The lowest BCUT2D eigenvalue weighted by atomic mass is 10.2. The molecule has 0 fully saturated rings. The number of nitrogens with one attached hydrogen (secondary N) is 2. The lowest BCUT2D eigenvalue weighted by Gasteiger charge is -2.08. The highest BCUT2D eigenvalue weighted by atomic mass is 32.2. The van der Waals surface area contributed by atoms with Crippen molar-refractivity contribution in [2.75, 3.05) is 30.8 Å². The van der Waals surface area contributed by atoms with E-state index in [4.69, 9.17) is 4.74 Å². The fraction of sp³-hybridized carbons (Fsp3) is 0.389. The quantitative estimate of drug-likeness (QED) is 0.491. The molecule has 0 aliphatic carbocycles. The smallest absolute Gasteiger partial charge is 0.251 e. The molecule has 26 heavy (non-hydrogen) atoms. The molecule has 2 aromatic rings.